The third-order valence-corrected chi connectivity index (χ3v) is 1.14. The normalized spacial score (nSPS) is 10.6. The third-order valence-electron chi connectivity index (χ3n) is 1.14. The molecule has 47 valence electrons. The van der Waals surface area contributed by atoms with Crippen molar-refractivity contribution in [3.8, 4) is 0 Å². The molecule has 0 atom stereocenters. The standard InChI is InChI=1S/C7H14.V/c1-4-6-7(3)5-2;/h5H,4,6H2,1-3H3;/b7-5-;. The van der Waals surface area contributed by atoms with Crippen molar-refractivity contribution < 1.29 is 18.6 Å². The zero-order valence-corrected chi connectivity index (χ0v) is 7.34. The quantitative estimate of drug-likeness (QED) is 0.529. The van der Waals surface area contributed by atoms with E-state index in [1.807, 2.05) is 0 Å². The summed E-state index contributed by atoms with van der Waals surface area (Å²) in [5.74, 6) is 0. The fourth-order valence-electron chi connectivity index (χ4n) is 0.539. The Balaban J connectivity index is 0. The fraction of sp³-hybridized carbons (Fsp3) is 0.714. The molecule has 0 aromatic heterocycles. The van der Waals surface area contributed by atoms with Crippen LogP contribution in [0, 0.1) is 0 Å². The molecule has 0 fully saturated rings. The van der Waals surface area contributed by atoms with E-state index < -0.39 is 0 Å². The van der Waals surface area contributed by atoms with Crippen molar-refractivity contribution in [1.82, 2.24) is 0 Å². The van der Waals surface area contributed by atoms with Gasteiger partial charge in [0.2, 0.25) is 0 Å². The zero-order chi connectivity index (χ0) is 5.70. The van der Waals surface area contributed by atoms with Gasteiger partial charge in [0.1, 0.15) is 0 Å². The first kappa shape index (κ1) is 11.2. The molecule has 0 heterocycles. The summed E-state index contributed by atoms with van der Waals surface area (Å²) in [7, 11) is 0. The van der Waals surface area contributed by atoms with Crippen LogP contribution in [0.15, 0.2) is 11.6 Å². The maximum absolute atomic E-state index is 2.20. The van der Waals surface area contributed by atoms with Crippen molar-refractivity contribution in [2.45, 2.75) is 33.6 Å². The van der Waals surface area contributed by atoms with E-state index in [4.69, 9.17) is 0 Å². The topological polar surface area (TPSA) is 0 Å². The van der Waals surface area contributed by atoms with Crippen LogP contribution in [0.2, 0.25) is 0 Å². The van der Waals surface area contributed by atoms with E-state index in [0.29, 0.717) is 0 Å². The van der Waals surface area contributed by atoms with Crippen LogP contribution in [0.4, 0.5) is 0 Å². The maximum atomic E-state index is 2.20. The first-order valence-corrected chi connectivity index (χ1v) is 2.93. The molecule has 0 bridgehead atoms. The van der Waals surface area contributed by atoms with Crippen LogP contribution in [0.25, 0.3) is 0 Å². The molecule has 0 nitrogen and oxygen atoms in total. The number of hydrogen-bond acceptors (Lipinski definition) is 0. The van der Waals surface area contributed by atoms with Crippen LogP contribution in [-0.2, 0) is 18.6 Å². The van der Waals surface area contributed by atoms with Crippen LogP contribution in [0.1, 0.15) is 33.6 Å². The summed E-state index contributed by atoms with van der Waals surface area (Å²) in [6, 6.07) is 0. The SMILES string of the molecule is C/C=C(/C)CCC.[V]. The summed E-state index contributed by atoms with van der Waals surface area (Å²) in [6.45, 7) is 6.46. The van der Waals surface area contributed by atoms with Crippen molar-refractivity contribution in [3.05, 3.63) is 11.6 Å². The van der Waals surface area contributed by atoms with Crippen LogP contribution in [0.5, 0.6) is 0 Å². The Morgan fingerprint density at radius 1 is 1.50 bits per heavy atom. The van der Waals surface area contributed by atoms with Crippen LogP contribution in [0.3, 0.4) is 0 Å². The first-order valence-electron chi connectivity index (χ1n) is 2.93. The average molecular weight is 149 g/mol. The van der Waals surface area contributed by atoms with Crippen LogP contribution < -0.4 is 0 Å². The van der Waals surface area contributed by atoms with Gasteiger partial charge in [-0.1, -0.05) is 25.0 Å². The van der Waals surface area contributed by atoms with E-state index in [0.717, 1.165) is 0 Å². The smallest absolute Gasteiger partial charge is 0 e. The van der Waals surface area contributed by atoms with E-state index in [9.17, 15) is 0 Å². The summed E-state index contributed by atoms with van der Waals surface area (Å²) < 4.78 is 0. The summed E-state index contributed by atoms with van der Waals surface area (Å²) >= 11 is 0. The van der Waals surface area contributed by atoms with E-state index in [1.54, 1.807) is 0 Å². The Hall–Kier alpha value is 0.324. The summed E-state index contributed by atoms with van der Waals surface area (Å²) in [6.07, 6.45) is 4.70. The molecule has 0 aliphatic carbocycles. The van der Waals surface area contributed by atoms with Gasteiger partial charge in [0.05, 0.1) is 0 Å². The Morgan fingerprint density at radius 2 is 2.00 bits per heavy atom. The molecule has 1 heteroatoms. The molecule has 0 N–H and O–H groups in total. The molecule has 0 spiro atoms. The molecule has 8 heavy (non-hydrogen) atoms. The van der Waals surface area contributed by atoms with Gasteiger partial charge in [0.25, 0.3) is 0 Å². The second kappa shape index (κ2) is 7.32. The molecule has 0 saturated carbocycles. The van der Waals surface area contributed by atoms with Gasteiger partial charge in [-0.2, -0.15) is 0 Å². The van der Waals surface area contributed by atoms with Gasteiger partial charge in [-0.3, -0.25) is 0 Å². The molecule has 0 aliphatic heterocycles. The minimum absolute atomic E-state index is 0. The molecule has 0 aromatic rings. The molecular formula is C7H14V. The van der Waals surface area contributed by atoms with Crippen LogP contribution >= 0.6 is 0 Å². The van der Waals surface area contributed by atoms with E-state index >= 15 is 0 Å². The Bertz CT molecular complexity index is 64.8. The first-order chi connectivity index (χ1) is 3.31. The Labute approximate surface area is 64.2 Å². The average Bonchev–Trinajstić information content (AvgIpc) is 1.68. The van der Waals surface area contributed by atoms with Gasteiger partial charge in [-0.05, 0) is 20.3 Å². The molecule has 0 aromatic carbocycles. The molecular weight excluding hydrogens is 135 g/mol. The molecule has 0 rings (SSSR count). The third kappa shape index (κ3) is 6.32. The molecule has 0 unspecified atom stereocenters. The van der Waals surface area contributed by atoms with Crippen molar-refractivity contribution in [1.29, 1.82) is 0 Å². The molecule has 1 radical (unpaired) electrons. The number of hydrogen-bond donors (Lipinski definition) is 0. The van der Waals surface area contributed by atoms with Gasteiger partial charge in [0.15, 0.2) is 0 Å². The second-order valence-corrected chi connectivity index (χ2v) is 1.89. The van der Waals surface area contributed by atoms with Crippen LogP contribution in [-0.4, -0.2) is 0 Å². The van der Waals surface area contributed by atoms with E-state index in [1.165, 1.54) is 18.4 Å². The van der Waals surface area contributed by atoms with Gasteiger partial charge >= 0.3 is 0 Å². The van der Waals surface area contributed by atoms with Gasteiger partial charge in [0, 0.05) is 18.6 Å². The predicted octanol–water partition coefficient (Wildman–Crippen LogP) is 2.75. The largest absolute Gasteiger partial charge is 0.0887 e. The monoisotopic (exact) mass is 149 g/mol. The zero-order valence-electron chi connectivity index (χ0n) is 5.94. The van der Waals surface area contributed by atoms with Gasteiger partial charge in [-0.15, -0.1) is 0 Å². The van der Waals surface area contributed by atoms with Crippen molar-refractivity contribution in [2.24, 2.45) is 0 Å². The molecule has 0 aliphatic rings. The number of rotatable bonds is 2. The van der Waals surface area contributed by atoms with E-state index in [2.05, 4.69) is 26.8 Å². The fourth-order valence-corrected chi connectivity index (χ4v) is 0.539. The molecule has 0 saturated heterocycles. The maximum Gasteiger partial charge on any atom is 0 e. The van der Waals surface area contributed by atoms with Gasteiger partial charge in [-0.25, -0.2) is 0 Å². The van der Waals surface area contributed by atoms with E-state index in [-0.39, 0.29) is 18.6 Å². The Morgan fingerprint density at radius 3 is 2.12 bits per heavy atom. The van der Waals surface area contributed by atoms with Crippen molar-refractivity contribution >= 4 is 0 Å². The minimum Gasteiger partial charge on any atom is -0.0887 e. The Kier molecular flexibility index (Phi) is 10.2. The minimum atomic E-state index is 0. The summed E-state index contributed by atoms with van der Waals surface area (Å²) in [4.78, 5) is 0. The van der Waals surface area contributed by atoms with Crippen molar-refractivity contribution in [2.75, 3.05) is 0 Å². The second-order valence-electron chi connectivity index (χ2n) is 1.89. The van der Waals surface area contributed by atoms with Crippen molar-refractivity contribution in [3.63, 3.8) is 0 Å². The van der Waals surface area contributed by atoms with Gasteiger partial charge < -0.3 is 0 Å². The summed E-state index contributed by atoms with van der Waals surface area (Å²) in [5.41, 5.74) is 1.50. The summed E-state index contributed by atoms with van der Waals surface area (Å²) in [5, 5.41) is 0. The molecule has 0 amide bonds. The number of allylic oxidation sites excluding steroid dienone is 2. The predicted molar refractivity (Wildman–Crippen MR) is 34.3 cm³/mol.